The van der Waals surface area contributed by atoms with Crippen LogP contribution in [-0.4, -0.2) is 27.3 Å². The van der Waals surface area contributed by atoms with Crippen molar-refractivity contribution in [2.24, 2.45) is 0 Å². The van der Waals surface area contributed by atoms with E-state index in [9.17, 15) is 4.79 Å². The molecule has 1 saturated carbocycles. The normalized spacial score (nSPS) is 26.7. The SMILES string of the molecule is O=C(N[C@@H]1CCC[C@H]1n1ccnc1)[C@@H]1SCCc2ccccc21. The van der Waals surface area contributed by atoms with Gasteiger partial charge in [-0.2, -0.15) is 0 Å². The zero-order valence-corrected chi connectivity index (χ0v) is 13.8. The molecule has 4 nitrogen and oxygen atoms in total. The van der Waals surface area contributed by atoms with Crippen LogP contribution in [0.2, 0.25) is 0 Å². The summed E-state index contributed by atoms with van der Waals surface area (Å²) in [6.45, 7) is 0. The lowest BCUT2D eigenvalue weighted by atomic mass is 10.0. The molecule has 2 heterocycles. The van der Waals surface area contributed by atoms with Gasteiger partial charge in [0.1, 0.15) is 5.25 Å². The number of aromatic nitrogens is 2. The maximum Gasteiger partial charge on any atom is 0.237 e. The van der Waals surface area contributed by atoms with E-state index in [-0.39, 0.29) is 17.2 Å². The first-order valence-corrected chi connectivity index (χ1v) is 9.35. The van der Waals surface area contributed by atoms with Crippen LogP contribution >= 0.6 is 11.8 Å². The number of hydrogen-bond acceptors (Lipinski definition) is 3. The van der Waals surface area contributed by atoms with Gasteiger partial charge in [0.2, 0.25) is 5.91 Å². The van der Waals surface area contributed by atoms with Crippen LogP contribution in [0.3, 0.4) is 0 Å². The first kappa shape index (κ1) is 14.8. The van der Waals surface area contributed by atoms with Gasteiger partial charge in [-0.15, -0.1) is 11.8 Å². The molecule has 2 aliphatic rings. The summed E-state index contributed by atoms with van der Waals surface area (Å²) >= 11 is 1.76. The molecule has 0 bridgehead atoms. The van der Waals surface area contributed by atoms with Crippen molar-refractivity contribution in [2.45, 2.75) is 43.0 Å². The van der Waals surface area contributed by atoms with Crippen molar-refractivity contribution in [3.8, 4) is 0 Å². The molecule has 4 rings (SSSR count). The zero-order valence-electron chi connectivity index (χ0n) is 13.0. The molecule has 120 valence electrons. The van der Waals surface area contributed by atoms with Crippen LogP contribution in [0.5, 0.6) is 0 Å². The minimum Gasteiger partial charge on any atom is -0.350 e. The van der Waals surface area contributed by atoms with Crippen LogP contribution in [0.1, 0.15) is 41.7 Å². The lowest BCUT2D eigenvalue weighted by Gasteiger charge is -2.28. The number of carbonyl (C=O) groups is 1. The van der Waals surface area contributed by atoms with E-state index in [4.69, 9.17) is 0 Å². The van der Waals surface area contributed by atoms with E-state index in [0.29, 0.717) is 6.04 Å². The molecule has 1 amide bonds. The molecule has 1 aliphatic carbocycles. The van der Waals surface area contributed by atoms with Gasteiger partial charge in [-0.1, -0.05) is 24.3 Å². The highest BCUT2D eigenvalue weighted by Gasteiger charge is 2.33. The number of carbonyl (C=O) groups excluding carboxylic acids is 1. The van der Waals surface area contributed by atoms with Crippen molar-refractivity contribution in [1.29, 1.82) is 0 Å². The number of imidazole rings is 1. The smallest absolute Gasteiger partial charge is 0.237 e. The van der Waals surface area contributed by atoms with Gasteiger partial charge in [-0.3, -0.25) is 4.79 Å². The lowest BCUT2D eigenvalue weighted by Crippen LogP contribution is -2.40. The number of fused-ring (bicyclic) bond motifs is 1. The van der Waals surface area contributed by atoms with E-state index in [0.717, 1.165) is 31.4 Å². The van der Waals surface area contributed by atoms with Crippen LogP contribution in [0, 0.1) is 0 Å². The van der Waals surface area contributed by atoms with E-state index in [2.05, 4.69) is 33.1 Å². The Morgan fingerprint density at radius 2 is 2.22 bits per heavy atom. The Morgan fingerprint density at radius 1 is 1.30 bits per heavy atom. The second-order valence-corrected chi connectivity index (χ2v) is 7.54. The molecule has 0 spiro atoms. The van der Waals surface area contributed by atoms with E-state index < -0.39 is 0 Å². The van der Waals surface area contributed by atoms with E-state index in [1.807, 2.05) is 24.8 Å². The van der Waals surface area contributed by atoms with Crippen molar-refractivity contribution in [3.05, 3.63) is 54.1 Å². The first-order chi connectivity index (χ1) is 11.3. The summed E-state index contributed by atoms with van der Waals surface area (Å²) in [7, 11) is 0. The highest BCUT2D eigenvalue weighted by Crippen LogP contribution is 2.38. The third-order valence-corrected chi connectivity index (χ3v) is 6.19. The van der Waals surface area contributed by atoms with Gasteiger partial charge in [-0.25, -0.2) is 4.98 Å². The van der Waals surface area contributed by atoms with Crippen LogP contribution in [0.4, 0.5) is 0 Å². The molecule has 1 fully saturated rings. The van der Waals surface area contributed by atoms with Gasteiger partial charge < -0.3 is 9.88 Å². The van der Waals surface area contributed by atoms with Gasteiger partial charge in [0.25, 0.3) is 0 Å². The fourth-order valence-corrected chi connectivity index (χ4v) is 5.00. The van der Waals surface area contributed by atoms with Gasteiger partial charge in [0, 0.05) is 18.4 Å². The highest BCUT2D eigenvalue weighted by molar-refractivity contribution is 8.00. The Kier molecular flexibility index (Phi) is 4.12. The third kappa shape index (κ3) is 2.90. The van der Waals surface area contributed by atoms with Crippen LogP contribution in [0.25, 0.3) is 0 Å². The topological polar surface area (TPSA) is 46.9 Å². The van der Waals surface area contributed by atoms with Crippen molar-refractivity contribution in [3.63, 3.8) is 0 Å². The molecule has 23 heavy (non-hydrogen) atoms. The number of rotatable bonds is 3. The van der Waals surface area contributed by atoms with Crippen LogP contribution in [-0.2, 0) is 11.2 Å². The van der Waals surface area contributed by atoms with Crippen molar-refractivity contribution >= 4 is 17.7 Å². The van der Waals surface area contributed by atoms with Crippen molar-refractivity contribution < 1.29 is 4.79 Å². The van der Waals surface area contributed by atoms with Crippen LogP contribution in [0.15, 0.2) is 43.0 Å². The lowest BCUT2D eigenvalue weighted by molar-refractivity contribution is -0.121. The molecule has 2 aromatic rings. The Bertz CT molecular complexity index is 685. The molecule has 5 heteroatoms. The quantitative estimate of drug-likeness (QED) is 0.942. The van der Waals surface area contributed by atoms with Gasteiger partial charge >= 0.3 is 0 Å². The average molecular weight is 327 g/mol. The van der Waals surface area contributed by atoms with E-state index in [1.54, 1.807) is 11.8 Å². The zero-order chi connectivity index (χ0) is 15.6. The molecule has 1 aromatic heterocycles. The molecular weight excluding hydrogens is 306 g/mol. The minimum absolute atomic E-state index is 0.0658. The Hall–Kier alpha value is -1.75. The number of amides is 1. The summed E-state index contributed by atoms with van der Waals surface area (Å²) in [4.78, 5) is 17.0. The Labute approximate surface area is 140 Å². The molecule has 0 saturated heterocycles. The minimum atomic E-state index is -0.0658. The summed E-state index contributed by atoms with van der Waals surface area (Å²) in [5, 5.41) is 3.25. The number of thioether (sulfide) groups is 1. The molecule has 0 radical (unpaired) electrons. The standard InChI is InChI=1S/C18H21N3OS/c22-18(17-14-5-2-1-4-13(14)8-11-23-17)20-15-6-3-7-16(15)21-10-9-19-12-21/h1-2,4-5,9-10,12,15-17H,3,6-8,11H2,(H,20,22)/t15-,16-,17-/m1/s1. The Morgan fingerprint density at radius 3 is 3.09 bits per heavy atom. The third-order valence-electron chi connectivity index (χ3n) is 4.95. The van der Waals surface area contributed by atoms with Crippen molar-refractivity contribution in [1.82, 2.24) is 14.9 Å². The molecule has 0 unspecified atom stereocenters. The molecular formula is C18H21N3OS. The fraction of sp³-hybridized carbons (Fsp3) is 0.444. The second-order valence-electron chi connectivity index (χ2n) is 6.32. The monoisotopic (exact) mass is 327 g/mol. The molecule has 1 aliphatic heterocycles. The van der Waals surface area contributed by atoms with Gasteiger partial charge in [-0.05, 0) is 42.6 Å². The summed E-state index contributed by atoms with van der Waals surface area (Å²) in [5.41, 5.74) is 2.52. The second kappa shape index (κ2) is 6.40. The number of nitrogens with zero attached hydrogens (tertiary/aromatic N) is 2. The maximum absolute atomic E-state index is 12.9. The summed E-state index contributed by atoms with van der Waals surface area (Å²) in [6, 6.07) is 8.91. The van der Waals surface area contributed by atoms with Gasteiger partial charge in [0.05, 0.1) is 12.4 Å². The summed E-state index contributed by atoms with van der Waals surface area (Å²) in [5.74, 6) is 1.18. The molecule has 1 N–H and O–H groups in total. The summed E-state index contributed by atoms with van der Waals surface area (Å²) in [6.07, 6.45) is 10.0. The number of hydrogen-bond donors (Lipinski definition) is 1. The molecule has 3 atom stereocenters. The Balaban J connectivity index is 1.50. The summed E-state index contributed by atoms with van der Waals surface area (Å²) < 4.78 is 2.14. The van der Waals surface area contributed by atoms with Crippen molar-refractivity contribution in [2.75, 3.05) is 5.75 Å². The predicted molar refractivity (Wildman–Crippen MR) is 92.4 cm³/mol. The maximum atomic E-state index is 12.9. The van der Waals surface area contributed by atoms with E-state index >= 15 is 0 Å². The largest absolute Gasteiger partial charge is 0.350 e. The first-order valence-electron chi connectivity index (χ1n) is 8.30. The number of aryl methyl sites for hydroxylation is 1. The number of benzene rings is 1. The molecule has 1 aromatic carbocycles. The average Bonchev–Trinajstić information content (AvgIpc) is 3.25. The van der Waals surface area contributed by atoms with E-state index in [1.165, 1.54) is 11.1 Å². The fourth-order valence-electron chi connectivity index (χ4n) is 3.80. The van der Waals surface area contributed by atoms with Crippen LogP contribution < -0.4 is 5.32 Å². The predicted octanol–water partition coefficient (Wildman–Crippen LogP) is 3.12. The van der Waals surface area contributed by atoms with Gasteiger partial charge in [0.15, 0.2) is 0 Å². The number of nitrogens with one attached hydrogen (secondary N) is 1. The highest BCUT2D eigenvalue weighted by atomic mass is 32.2.